The van der Waals surface area contributed by atoms with Crippen molar-refractivity contribution in [2.75, 3.05) is 0 Å². The van der Waals surface area contributed by atoms with E-state index >= 15 is 0 Å². The minimum Gasteiger partial charge on any atom is -0.513 e. The number of furan rings is 1. The summed E-state index contributed by atoms with van der Waals surface area (Å²) in [4.78, 5) is 12.4. The number of allylic oxidation sites excluding steroid dienone is 1. The molecule has 0 unspecified atom stereocenters. The Hall–Kier alpha value is -3.21. The van der Waals surface area contributed by atoms with Crippen LogP contribution in [-0.4, -0.2) is 10.9 Å². The molecular formula is C18H14N2O3. The Labute approximate surface area is 132 Å². The summed E-state index contributed by atoms with van der Waals surface area (Å²) in [5.74, 6) is -0.421. The molecule has 0 amide bonds. The van der Waals surface area contributed by atoms with Crippen molar-refractivity contribution in [2.24, 2.45) is 10.2 Å². The zero-order chi connectivity index (χ0) is 16.2. The molecule has 5 heteroatoms. The number of aryl methyl sites for hydroxylation is 1. The van der Waals surface area contributed by atoms with E-state index in [-0.39, 0.29) is 11.5 Å². The highest BCUT2D eigenvalue weighted by Crippen LogP contribution is 2.22. The van der Waals surface area contributed by atoms with E-state index < -0.39 is 5.78 Å². The Balaban J connectivity index is 1.87. The standard InChI is InChI=1S/C18H14N2O3/c1-12-5-4-7-14(9-12)19-20-15(11-21)18(22)17-10-13-6-2-3-8-16(13)23-17/h2-11,21H,1H3. The van der Waals surface area contributed by atoms with Crippen molar-refractivity contribution in [3.05, 3.63) is 77.9 Å². The first-order valence-corrected chi connectivity index (χ1v) is 7.03. The van der Waals surface area contributed by atoms with E-state index in [1.807, 2.05) is 43.3 Å². The van der Waals surface area contributed by atoms with Gasteiger partial charge in [0.2, 0.25) is 0 Å². The third kappa shape index (κ3) is 3.18. The van der Waals surface area contributed by atoms with Gasteiger partial charge in [-0.2, -0.15) is 5.11 Å². The van der Waals surface area contributed by atoms with Gasteiger partial charge in [0.25, 0.3) is 5.78 Å². The van der Waals surface area contributed by atoms with Crippen molar-refractivity contribution in [3.8, 4) is 0 Å². The highest BCUT2D eigenvalue weighted by Gasteiger charge is 2.17. The maximum absolute atomic E-state index is 12.4. The lowest BCUT2D eigenvalue weighted by Gasteiger charge is -1.97. The molecule has 1 aromatic heterocycles. The van der Waals surface area contributed by atoms with E-state index in [9.17, 15) is 9.90 Å². The van der Waals surface area contributed by atoms with E-state index in [1.54, 1.807) is 18.2 Å². The first-order chi connectivity index (χ1) is 11.2. The second-order valence-electron chi connectivity index (χ2n) is 5.03. The number of aliphatic hydroxyl groups is 1. The number of nitrogens with zero attached hydrogens (tertiary/aromatic N) is 2. The number of fused-ring (bicyclic) bond motifs is 1. The molecule has 3 aromatic rings. The molecule has 3 rings (SSSR count). The third-order valence-corrected chi connectivity index (χ3v) is 3.28. The van der Waals surface area contributed by atoms with E-state index in [4.69, 9.17) is 4.42 Å². The van der Waals surface area contributed by atoms with Gasteiger partial charge < -0.3 is 9.52 Å². The molecule has 114 valence electrons. The second kappa shape index (κ2) is 6.27. The summed E-state index contributed by atoms with van der Waals surface area (Å²) in [5.41, 5.74) is 2.04. The van der Waals surface area contributed by atoms with Crippen molar-refractivity contribution >= 4 is 22.4 Å². The Morgan fingerprint density at radius 3 is 2.70 bits per heavy atom. The van der Waals surface area contributed by atoms with Crippen LogP contribution >= 0.6 is 0 Å². The lowest BCUT2D eigenvalue weighted by Crippen LogP contribution is -1.99. The van der Waals surface area contributed by atoms with Crippen molar-refractivity contribution in [1.29, 1.82) is 0 Å². The molecule has 5 nitrogen and oxygen atoms in total. The summed E-state index contributed by atoms with van der Waals surface area (Å²) in [5, 5.41) is 17.9. The van der Waals surface area contributed by atoms with Gasteiger partial charge in [-0.05, 0) is 36.8 Å². The highest BCUT2D eigenvalue weighted by atomic mass is 16.3. The van der Waals surface area contributed by atoms with E-state index in [2.05, 4.69) is 10.2 Å². The summed E-state index contributed by atoms with van der Waals surface area (Å²) in [6.07, 6.45) is 0.634. The quantitative estimate of drug-likeness (QED) is 0.315. The van der Waals surface area contributed by atoms with Gasteiger partial charge >= 0.3 is 0 Å². The monoisotopic (exact) mass is 306 g/mol. The lowest BCUT2D eigenvalue weighted by atomic mass is 10.2. The SMILES string of the molecule is Cc1cccc(N=NC(=CO)C(=O)c2cc3ccccc3o2)c1. The first-order valence-electron chi connectivity index (χ1n) is 7.03. The van der Waals surface area contributed by atoms with Crippen molar-refractivity contribution in [2.45, 2.75) is 6.92 Å². The van der Waals surface area contributed by atoms with Gasteiger partial charge in [-0.1, -0.05) is 30.3 Å². The number of carbonyl (C=O) groups is 1. The molecule has 0 spiro atoms. The van der Waals surface area contributed by atoms with Crippen LogP contribution in [0.2, 0.25) is 0 Å². The number of para-hydroxylation sites is 1. The Morgan fingerprint density at radius 1 is 1.13 bits per heavy atom. The molecule has 23 heavy (non-hydrogen) atoms. The number of azo groups is 1. The van der Waals surface area contributed by atoms with Crippen LogP contribution in [0.1, 0.15) is 16.1 Å². The average molecular weight is 306 g/mol. The van der Waals surface area contributed by atoms with Crippen LogP contribution in [0.3, 0.4) is 0 Å². The fourth-order valence-corrected chi connectivity index (χ4v) is 2.15. The topological polar surface area (TPSA) is 75.2 Å². The van der Waals surface area contributed by atoms with Crippen LogP contribution in [0, 0.1) is 6.92 Å². The number of hydrogen-bond acceptors (Lipinski definition) is 5. The molecule has 2 aromatic carbocycles. The fraction of sp³-hybridized carbons (Fsp3) is 0.0556. The lowest BCUT2D eigenvalue weighted by molar-refractivity contribution is 0.100. The van der Waals surface area contributed by atoms with Crippen molar-refractivity contribution in [1.82, 2.24) is 0 Å². The zero-order valence-corrected chi connectivity index (χ0v) is 12.4. The van der Waals surface area contributed by atoms with Crippen molar-refractivity contribution < 1.29 is 14.3 Å². The number of aliphatic hydroxyl groups excluding tert-OH is 1. The molecule has 0 radical (unpaired) electrons. The number of benzene rings is 2. The van der Waals surface area contributed by atoms with Gasteiger partial charge in [0.05, 0.1) is 5.69 Å². The van der Waals surface area contributed by atoms with Gasteiger partial charge in [0.15, 0.2) is 11.5 Å². The molecule has 0 atom stereocenters. The first kappa shape index (κ1) is 14.7. The maximum atomic E-state index is 12.4. The Morgan fingerprint density at radius 2 is 1.96 bits per heavy atom. The summed E-state index contributed by atoms with van der Waals surface area (Å²) in [6.45, 7) is 1.93. The molecule has 1 heterocycles. The second-order valence-corrected chi connectivity index (χ2v) is 5.03. The fourth-order valence-electron chi connectivity index (χ4n) is 2.15. The molecule has 0 bridgehead atoms. The van der Waals surface area contributed by atoms with Gasteiger partial charge in [0.1, 0.15) is 11.8 Å². The minimum absolute atomic E-state index is 0.106. The predicted molar refractivity (Wildman–Crippen MR) is 87.0 cm³/mol. The van der Waals surface area contributed by atoms with Crippen LogP contribution in [0.5, 0.6) is 0 Å². The molecule has 1 N–H and O–H groups in total. The number of carbonyl (C=O) groups excluding carboxylic acids is 1. The number of ketones is 1. The molecule has 0 aliphatic carbocycles. The van der Waals surface area contributed by atoms with Crippen LogP contribution in [0.15, 0.2) is 81.2 Å². The number of Topliss-reactive ketones (excluding diaryl/α,β-unsaturated/α-hetero) is 1. The molecule has 0 fully saturated rings. The van der Waals surface area contributed by atoms with Crippen LogP contribution in [0.4, 0.5) is 5.69 Å². The normalized spacial score (nSPS) is 12.1. The van der Waals surface area contributed by atoms with Gasteiger partial charge in [-0.25, -0.2) is 0 Å². The Kier molecular flexibility index (Phi) is 4.01. The molecule has 0 aliphatic rings. The number of rotatable bonds is 4. The maximum Gasteiger partial charge on any atom is 0.251 e. The largest absolute Gasteiger partial charge is 0.513 e. The van der Waals surface area contributed by atoms with E-state index in [0.29, 0.717) is 17.5 Å². The molecule has 0 aliphatic heterocycles. The molecule has 0 saturated carbocycles. The zero-order valence-electron chi connectivity index (χ0n) is 12.4. The smallest absolute Gasteiger partial charge is 0.251 e. The number of hydrogen-bond donors (Lipinski definition) is 1. The highest BCUT2D eigenvalue weighted by molar-refractivity contribution is 6.08. The summed E-state index contributed by atoms with van der Waals surface area (Å²) in [6, 6.07) is 16.3. The third-order valence-electron chi connectivity index (χ3n) is 3.28. The molecular weight excluding hydrogens is 292 g/mol. The molecule has 0 saturated heterocycles. The van der Waals surface area contributed by atoms with Gasteiger partial charge in [-0.3, -0.25) is 4.79 Å². The minimum atomic E-state index is -0.528. The van der Waals surface area contributed by atoms with Crippen LogP contribution < -0.4 is 0 Å². The summed E-state index contributed by atoms with van der Waals surface area (Å²) in [7, 11) is 0. The van der Waals surface area contributed by atoms with Crippen LogP contribution in [0.25, 0.3) is 11.0 Å². The Bertz CT molecular complexity index is 890. The van der Waals surface area contributed by atoms with E-state index in [0.717, 1.165) is 10.9 Å². The average Bonchev–Trinajstić information content (AvgIpc) is 2.99. The van der Waals surface area contributed by atoms with E-state index in [1.165, 1.54) is 0 Å². The summed E-state index contributed by atoms with van der Waals surface area (Å²) < 4.78 is 5.48. The summed E-state index contributed by atoms with van der Waals surface area (Å²) >= 11 is 0. The van der Waals surface area contributed by atoms with Crippen LogP contribution in [-0.2, 0) is 0 Å². The van der Waals surface area contributed by atoms with Gasteiger partial charge in [-0.15, -0.1) is 5.11 Å². The predicted octanol–water partition coefficient (Wildman–Crippen LogP) is 5.11. The van der Waals surface area contributed by atoms with Crippen molar-refractivity contribution in [3.63, 3.8) is 0 Å². The van der Waals surface area contributed by atoms with Gasteiger partial charge in [0, 0.05) is 5.39 Å².